The van der Waals surface area contributed by atoms with Gasteiger partial charge in [0.15, 0.2) is 0 Å². The topological polar surface area (TPSA) is 127 Å². The first-order chi connectivity index (χ1) is 20.3. The van der Waals surface area contributed by atoms with E-state index in [4.69, 9.17) is 28.3 Å². The number of hydrogen-bond acceptors (Lipinski definition) is 6. The number of rotatable bonds is 13. The van der Waals surface area contributed by atoms with Crippen LogP contribution in [0, 0.1) is 5.41 Å². The summed E-state index contributed by atoms with van der Waals surface area (Å²) in [7, 11) is -1.93. The number of halogens is 2. The molecule has 43 heavy (non-hydrogen) atoms. The molecule has 236 valence electrons. The molecule has 1 heterocycles. The molecule has 2 aromatic carbocycles. The molecular weight excluding hydrogens is 613 g/mol. The van der Waals surface area contributed by atoms with Crippen LogP contribution in [0.3, 0.4) is 0 Å². The molecule has 0 radical (unpaired) electrons. The standard InChI is InChI=1S/C31H41Cl2N3O6S/c1-4-24(18-35(3)43(41,42)26-12-13-26)36-29(20-8-10-22(32)11-9-20)27(21-6-5-7-23(33)14-21)15-31(2,30(36)40)16-28(39)34-17-25(38)19-37/h5-11,14,24-27,29,37-38H,4,12-13,15-19H2,1-3H3,(H,34,39). The van der Waals surface area contributed by atoms with E-state index in [9.17, 15) is 23.1 Å². The quantitative estimate of drug-likeness (QED) is 0.299. The summed E-state index contributed by atoms with van der Waals surface area (Å²) < 4.78 is 27.7. The summed E-state index contributed by atoms with van der Waals surface area (Å²) in [4.78, 5) is 29.6. The Bertz CT molecular complexity index is 1400. The lowest BCUT2D eigenvalue weighted by Gasteiger charge is -2.52. The maximum atomic E-state index is 14.7. The second kappa shape index (κ2) is 13.8. The van der Waals surface area contributed by atoms with E-state index in [2.05, 4.69) is 5.32 Å². The zero-order chi connectivity index (χ0) is 31.5. The second-order valence-electron chi connectivity index (χ2n) is 12.0. The van der Waals surface area contributed by atoms with E-state index in [1.807, 2.05) is 37.3 Å². The van der Waals surface area contributed by atoms with Crippen LogP contribution in [0.15, 0.2) is 48.5 Å². The molecule has 0 aromatic heterocycles. The molecule has 5 atom stereocenters. The Morgan fingerprint density at radius 1 is 1.14 bits per heavy atom. The Hall–Kier alpha value is -2.21. The van der Waals surface area contributed by atoms with Gasteiger partial charge in [0.05, 0.1) is 29.4 Å². The average molecular weight is 655 g/mol. The lowest BCUT2D eigenvalue weighted by Crippen LogP contribution is -2.58. The first kappa shape index (κ1) is 33.7. The molecule has 0 bridgehead atoms. The van der Waals surface area contributed by atoms with E-state index in [1.54, 1.807) is 37.1 Å². The predicted octanol–water partition coefficient (Wildman–Crippen LogP) is 4.12. The number of aliphatic hydroxyl groups excluding tert-OH is 2. The molecule has 9 nitrogen and oxygen atoms in total. The summed E-state index contributed by atoms with van der Waals surface area (Å²) in [5, 5.41) is 22.2. The summed E-state index contributed by atoms with van der Waals surface area (Å²) in [5.41, 5.74) is 0.568. The molecule has 1 aliphatic heterocycles. The van der Waals surface area contributed by atoms with Gasteiger partial charge in [0.2, 0.25) is 21.8 Å². The second-order valence-corrected chi connectivity index (χ2v) is 15.2. The van der Waals surface area contributed by atoms with E-state index in [-0.39, 0.29) is 36.6 Å². The van der Waals surface area contributed by atoms with E-state index in [0.717, 1.165) is 11.1 Å². The maximum Gasteiger partial charge on any atom is 0.229 e. The van der Waals surface area contributed by atoms with Crippen LogP contribution in [0.25, 0.3) is 0 Å². The highest BCUT2D eigenvalue weighted by Crippen LogP contribution is 2.52. The van der Waals surface area contributed by atoms with Crippen molar-refractivity contribution in [2.24, 2.45) is 5.41 Å². The summed E-state index contributed by atoms with van der Waals surface area (Å²) in [5.74, 6) is -0.981. The minimum absolute atomic E-state index is 0.110. The van der Waals surface area contributed by atoms with Crippen LogP contribution in [-0.4, -0.2) is 83.8 Å². The Labute approximate surface area is 264 Å². The van der Waals surface area contributed by atoms with Gasteiger partial charge < -0.3 is 20.4 Å². The number of nitrogens with one attached hydrogen (secondary N) is 1. The van der Waals surface area contributed by atoms with Gasteiger partial charge in [0.1, 0.15) is 0 Å². The van der Waals surface area contributed by atoms with Crippen molar-refractivity contribution in [3.8, 4) is 0 Å². The average Bonchev–Trinajstić information content (AvgIpc) is 3.83. The molecule has 2 aliphatic rings. The van der Waals surface area contributed by atoms with Crippen molar-refractivity contribution >= 4 is 45.0 Å². The Kier molecular flexibility index (Phi) is 10.8. The molecule has 4 rings (SSSR count). The Balaban J connectivity index is 1.81. The number of sulfonamides is 1. The Morgan fingerprint density at radius 3 is 2.40 bits per heavy atom. The lowest BCUT2D eigenvalue weighted by molar-refractivity contribution is -0.157. The van der Waals surface area contributed by atoms with Crippen LogP contribution < -0.4 is 5.32 Å². The monoisotopic (exact) mass is 653 g/mol. The fraction of sp³-hybridized carbons (Fsp3) is 0.548. The van der Waals surface area contributed by atoms with E-state index < -0.39 is 46.1 Å². The summed E-state index contributed by atoms with van der Waals surface area (Å²) >= 11 is 12.7. The van der Waals surface area contributed by atoms with Crippen LogP contribution >= 0.6 is 23.2 Å². The van der Waals surface area contributed by atoms with E-state index in [1.165, 1.54) is 4.31 Å². The van der Waals surface area contributed by atoms with Crippen molar-refractivity contribution in [3.05, 3.63) is 69.7 Å². The first-order valence-electron chi connectivity index (χ1n) is 14.6. The van der Waals surface area contributed by atoms with Crippen LogP contribution in [-0.2, 0) is 19.6 Å². The highest BCUT2D eigenvalue weighted by molar-refractivity contribution is 7.90. The summed E-state index contributed by atoms with van der Waals surface area (Å²) in [6.45, 7) is 3.16. The van der Waals surface area contributed by atoms with Crippen molar-refractivity contribution in [1.29, 1.82) is 0 Å². The minimum atomic E-state index is -3.50. The number of likely N-dealkylation sites (tertiary alicyclic amines) is 1. The van der Waals surface area contributed by atoms with Gasteiger partial charge >= 0.3 is 0 Å². The predicted molar refractivity (Wildman–Crippen MR) is 167 cm³/mol. The molecular formula is C31H41Cl2N3O6S. The number of piperidine rings is 1. The molecule has 1 saturated heterocycles. The van der Waals surface area contributed by atoms with Gasteiger partial charge in [-0.3, -0.25) is 9.59 Å². The largest absolute Gasteiger partial charge is 0.394 e. The van der Waals surface area contributed by atoms with E-state index >= 15 is 0 Å². The van der Waals surface area contributed by atoms with E-state index in [0.29, 0.717) is 35.7 Å². The SMILES string of the molecule is CCC(CN(C)S(=O)(=O)C1CC1)N1C(=O)C(C)(CC(=O)NCC(O)CO)CC(c2cccc(Cl)c2)C1c1ccc(Cl)cc1. The number of likely N-dealkylation sites (N-methyl/N-ethyl adjacent to an activating group) is 1. The maximum absolute atomic E-state index is 14.7. The third kappa shape index (κ3) is 7.72. The normalized spacial score (nSPS) is 24.2. The zero-order valence-corrected chi connectivity index (χ0v) is 27.1. The van der Waals surface area contributed by atoms with Crippen molar-refractivity contribution in [3.63, 3.8) is 0 Å². The molecule has 2 fully saturated rings. The molecule has 1 aliphatic carbocycles. The molecule has 3 N–H and O–H groups in total. The van der Waals surface area contributed by atoms with Crippen LogP contribution in [0.1, 0.15) is 69.0 Å². The zero-order valence-electron chi connectivity index (χ0n) is 24.7. The van der Waals surface area contributed by atoms with Crippen molar-refractivity contribution in [2.45, 2.75) is 75.3 Å². The molecule has 1 saturated carbocycles. The van der Waals surface area contributed by atoms with Crippen LogP contribution in [0.5, 0.6) is 0 Å². The number of carbonyl (C=O) groups excluding carboxylic acids is 2. The smallest absolute Gasteiger partial charge is 0.229 e. The third-order valence-electron chi connectivity index (χ3n) is 8.60. The minimum Gasteiger partial charge on any atom is -0.394 e. The highest BCUT2D eigenvalue weighted by atomic mass is 35.5. The number of nitrogens with zero attached hydrogens (tertiary/aromatic N) is 2. The third-order valence-corrected chi connectivity index (χ3v) is 11.4. The van der Waals surface area contributed by atoms with Gasteiger partial charge in [-0.05, 0) is 61.1 Å². The highest BCUT2D eigenvalue weighted by Gasteiger charge is 2.52. The van der Waals surface area contributed by atoms with Gasteiger partial charge in [-0.1, -0.05) is 61.3 Å². The van der Waals surface area contributed by atoms with Gasteiger partial charge in [-0.2, -0.15) is 0 Å². The Morgan fingerprint density at radius 2 is 1.81 bits per heavy atom. The van der Waals surface area contributed by atoms with Crippen LogP contribution in [0.4, 0.5) is 0 Å². The first-order valence-corrected chi connectivity index (χ1v) is 16.9. The summed E-state index contributed by atoms with van der Waals surface area (Å²) in [6.07, 6.45) is 0.796. The van der Waals surface area contributed by atoms with Gasteiger partial charge in [-0.15, -0.1) is 0 Å². The molecule has 2 aromatic rings. The van der Waals surface area contributed by atoms with Gasteiger partial charge in [-0.25, -0.2) is 12.7 Å². The number of aliphatic hydroxyl groups is 2. The summed E-state index contributed by atoms with van der Waals surface area (Å²) in [6, 6.07) is 13.8. The van der Waals surface area contributed by atoms with Crippen molar-refractivity contribution in [1.82, 2.24) is 14.5 Å². The van der Waals surface area contributed by atoms with Crippen molar-refractivity contribution < 1.29 is 28.2 Å². The lowest BCUT2D eigenvalue weighted by atomic mass is 9.67. The fourth-order valence-electron chi connectivity index (χ4n) is 6.10. The number of carbonyl (C=O) groups is 2. The molecule has 0 spiro atoms. The number of amides is 2. The molecule has 2 amide bonds. The number of benzene rings is 2. The van der Waals surface area contributed by atoms with Crippen LogP contribution in [0.2, 0.25) is 10.0 Å². The molecule has 12 heteroatoms. The molecule has 5 unspecified atom stereocenters. The van der Waals surface area contributed by atoms with Gasteiger partial charge in [0, 0.05) is 48.6 Å². The number of hydrogen-bond donors (Lipinski definition) is 3. The fourth-order valence-corrected chi connectivity index (χ4v) is 8.04. The van der Waals surface area contributed by atoms with Crippen molar-refractivity contribution in [2.75, 3.05) is 26.7 Å². The van der Waals surface area contributed by atoms with Gasteiger partial charge in [0.25, 0.3) is 0 Å².